The van der Waals surface area contributed by atoms with Gasteiger partial charge in [0.25, 0.3) is 5.91 Å². The van der Waals surface area contributed by atoms with Crippen LogP contribution in [0.2, 0.25) is 0 Å². The predicted octanol–water partition coefficient (Wildman–Crippen LogP) is 3.02. The van der Waals surface area contributed by atoms with E-state index >= 15 is 0 Å². The van der Waals surface area contributed by atoms with Gasteiger partial charge in [0.1, 0.15) is 5.75 Å². The molecule has 5 heteroatoms. The van der Waals surface area contributed by atoms with Crippen molar-refractivity contribution < 1.29 is 19.4 Å². The third kappa shape index (κ3) is 4.09. The molecule has 0 spiro atoms. The van der Waals surface area contributed by atoms with E-state index in [-0.39, 0.29) is 5.91 Å². The molecule has 5 nitrogen and oxygen atoms in total. The Kier molecular flexibility index (Phi) is 4.78. The zero-order valence-corrected chi connectivity index (χ0v) is 12.4. The summed E-state index contributed by atoms with van der Waals surface area (Å²) < 4.78 is 5.03. The molecule has 0 bridgehead atoms. The summed E-state index contributed by atoms with van der Waals surface area (Å²) in [5, 5.41) is 11.3. The molecule has 0 saturated carbocycles. The molecule has 114 valence electrons. The number of hydrogen-bond donors (Lipinski definition) is 2. The van der Waals surface area contributed by atoms with Crippen LogP contribution in [0.25, 0.3) is 0 Å². The lowest BCUT2D eigenvalue weighted by atomic mass is 10.1. The molecular weight excluding hydrogens is 282 g/mol. The van der Waals surface area contributed by atoms with E-state index in [1.165, 1.54) is 0 Å². The van der Waals surface area contributed by atoms with Gasteiger partial charge in [-0.3, -0.25) is 4.79 Å². The summed E-state index contributed by atoms with van der Waals surface area (Å²) in [6.07, 6.45) is 0. The van der Waals surface area contributed by atoms with E-state index in [1.54, 1.807) is 30.3 Å². The molecule has 0 heterocycles. The molecule has 0 aliphatic heterocycles. The van der Waals surface area contributed by atoms with Crippen molar-refractivity contribution in [2.24, 2.45) is 0 Å². The fourth-order valence-corrected chi connectivity index (χ4v) is 1.87. The summed E-state index contributed by atoms with van der Waals surface area (Å²) in [6.45, 7) is 3.56. The van der Waals surface area contributed by atoms with E-state index in [9.17, 15) is 9.59 Å². The maximum atomic E-state index is 12.2. The number of anilines is 1. The van der Waals surface area contributed by atoms with Crippen LogP contribution >= 0.6 is 0 Å². The van der Waals surface area contributed by atoms with Crippen molar-refractivity contribution in [3.8, 4) is 5.75 Å². The molecule has 0 fully saturated rings. The summed E-state index contributed by atoms with van der Waals surface area (Å²) in [4.78, 5) is 22.6. The Bertz CT molecular complexity index is 692. The smallest absolute Gasteiger partial charge is 0.341 e. The first kappa shape index (κ1) is 15.6. The Hall–Kier alpha value is -2.82. The standard InChI is InChI=1S/C17H17NO4/c1-11-3-4-13(9-12(11)2)17(21)18-14-5-7-15(8-6-14)22-10-16(19)20/h3-9H,10H2,1-2H3,(H,18,21)(H,19,20). The molecular formula is C17H17NO4. The van der Waals surface area contributed by atoms with E-state index in [0.717, 1.165) is 11.1 Å². The normalized spacial score (nSPS) is 10.1. The number of carboxylic acid groups (broad SMARTS) is 1. The van der Waals surface area contributed by atoms with Gasteiger partial charge in [-0.2, -0.15) is 0 Å². The summed E-state index contributed by atoms with van der Waals surface area (Å²) >= 11 is 0. The molecule has 22 heavy (non-hydrogen) atoms. The highest BCUT2D eigenvalue weighted by molar-refractivity contribution is 6.04. The summed E-state index contributed by atoms with van der Waals surface area (Å²) in [7, 11) is 0. The second kappa shape index (κ2) is 6.76. The molecule has 0 atom stereocenters. The number of carbonyl (C=O) groups excluding carboxylic acids is 1. The Morgan fingerprint density at radius 3 is 2.32 bits per heavy atom. The van der Waals surface area contributed by atoms with Crippen LogP contribution in [0.1, 0.15) is 21.5 Å². The fraction of sp³-hybridized carbons (Fsp3) is 0.176. The topological polar surface area (TPSA) is 75.6 Å². The zero-order valence-electron chi connectivity index (χ0n) is 12.4. The molecule has 0 aliphatic rings. The van der Waals surface area contributed by atoms with E-state index in [1.807, 2.05) is 26.0 Å². The second-order valence-corrected chi connectivity index (χ2v) is 4.96. The minimum Gasteiger partial charge on any atom is -0.482 e. The van der Waals surface area contributed by atoms with Crippen LogP contribution in [0.5, 0.6) is 5.75 Å². The van der Waals surface area contributed by atoms with E-state index in [4.69, 9.17) is 9.84 Å². The third-order valence-corrected chi connectivity index (χ3v) is 3.24. The lowest BCUT2D eigenvalue weighted by molar-refractivity contribution is -0.139. The Labute approximate surface area is 128 Å². The van der Waals surface area contributed by atoms with Crippen LogP contribution in [0.15, 0.2) is 42.5 Å². The van der Waals surface area contributed by atoms with Crippen LogP contribution in [-0.4, -0.2) is 23.6 Å². The van der Waals surface area contributed by atoms with E-state index in [2.05, 4.69) is 5.32 Å². The highest BCUT2D eigenvalue weighted by Gasteiger charge is 2.07. The molecule has 2 rings (SSSR count). The van der Waals surface area contributed by atoms with Crippen molar-refractivity contribution >= 4 is 17.6 Å². The highest BCUT2D eigenvalue weighted by atomic mass is 16.5. The van der Waals surface area contributed by atoms with Gasteiger partial charge in [0.15, 0.2) is 6.61 Å². The lowest BCUT2D eigenvalue weighted by Crippen LogP contribution is -2.12. The maximum absolute atomic E-state index is 12.2. The first-order valence-corrected chi connectivity index (χ1v) is 6.79. The molecule has 0 saturated heterocycles. The van der Waals surface area contributed by atoms with Crippen molar-refractivity contribution in [1.82, 2.24) is 0 Å². The van der Waals surface area contributed by atoms with E-state index in [0.29, 0.717) is 17.0 Å². The van der Waals surface area contributed by atoms with Gasteiger partial charge < -0.3 is 15.2 Å². The summed E-state index contributed by atoms with van der Waals surface area (Å²) in [6, 6.07) is 12.1. The van der Waals surface area contributed by atoms with Crippen LogP contribution in [0, 0.1) is 13.8 Å². The van der Waals surface area contributed by atoms with Crippen LogP contribution in [-0.2, 0) is 4.79 Å². The van der Waals surface area contributed by atoms with Gasteiger partial charge >= 0.3 is 5.97 Å². The van der Waals surface area contributed by atoms with Gasteiger partial charge in [0, 0.05) is 11.3 Å². The van der Waals surface area contributed by atoms with Gasteiger partial charge in [-0.25, -0.2) is 4.79 Å². The van der Waals surface area contributed by atoms with Crippen LogP contribution in [0.4, 0.5) is 5.69 Å². The number of nitrogens with one attached hydrogen (secondary N) is 1. The number of benzene rings is 2. The lowest BCUT2D eigenvalue weighted by Gasteiger charge is -2.08. The highest BCUT2D eigenvalue weighted by Crippen LogP contribution is 2.17. The molecule has 0 aliphatic carbocycles. The third-order valence-electron chi connectivity index (χ3n) is 3.24. The van der Waals surface area contributed by atoms with Crippen molar-refractivity contribution in [3.63, 3.8) is 0 Å². The molecule has 2 N–H and O–H groups in total. The fourth-order valence-electron chi connectivity index (χ4n) is 1.87. The van der Waals surface area contributed by atoms with Crippen LogP contribution < -0.4 is 10.1 Å². The van der Waals surface area contributed by atoms with Gasteiger partial charge in [-0.05, 0) is 61.4 Å². The largest absolute Gasteiger partial charge is 0.482 e. The molecule has 2 aromatic rings. The molecule has 0 unspecified atom stereocenters. The number of aryl methyl sites for hydroxylation is 2. The van der Waals surface area contributed by atoms with Gasteiger partial charge in [0.05, 0.1) is 0 Å². The van der Waals surface area contributed by atoms with Crippen molar-refractivity contribution in [2.45, 2.75) is 13.8 Å². The molecule has 0 radical (unpaired) electrons. The number of aliphatic carboxylic acids is 1. The second-order valence-electron chi connectivity index (χ2n) is 4.96. The number of carboxylic acids is 1. The van der Waals surface area contributed by atoms with Gasteiger partial charge in [0.2, 0.25) is 0 Å². The van der Waals surface area contributed by atoms with Crippen LogP contribution in [0.3, 0.4) is 0 Å². The molecule has 1 amide bonds. The predicted molar refractivity (Wildman–Crippen MR) is 83.4 cm³/mol. The maximum Gasteiger partial charge on any atom is 0.341 e. The monoisotopic (exact) mass is 299 g/mol. The number of carbonyl (C=O) groups is 2. The Morgan fingerprint density at radius 2 is 1.73 bits per heavy atom. The van der Waals surface area contributed by atoms with Gasteiger partial charge in [-0.1, -0.05) is 6.07 Å². The SMILES string of the molecule is Cc1ccc(C(=O)Nc2ccc(OCC(=O)O)cc2)cc1C. The Balaban J connectivity index is 2.02. The minimum absolute atomic E-state index is 0.192. The quantitative estimate of drug-likeness (QED) is 0.890. The average molecular weight is 299 g/mol. The minimum atomic E-state index is -1.04. The van der Waals surface area contributed by atoms with Crippen molar-refractivity contribution in [2.75, 3.05) is 11.9 Å². The molecule has 2 aromatic carbocycles. The zero-order chi connectivity index (χ0) is 16.1. The van der Waals surface area contributed by atoms with E-state index < -0.39 is 12.6 Å². The first-order chi connectivity index (χ1) is 10.5. The number of hydrogen-bond acceptors (Lipinski definition) is 3. The Morgan fingerprint density at radius 1 is 1.05 bits per heavy atom. The average Bonchev–Trinajstić information content (AvgIpc) is 2.49. The summed E-state index contributed by atoms with van der Waals surface area (Å²) in [5.41, 5.74) is 3.40. The number of ether oxygens (including phenoxy) is 1. The molecule has 0 aromatic heterocycles. The first-order valence-electron chi connectivity index (χ1n) is 6.79. The number of rotatable bonds is 5. The van der Waals surface area contributed by atoms with Gasteiger partial charge in [-0.15, -0.1) is 0 Å². The number of amides is 1. The van der Waals surface area contributed by atoms with Crippen molar-refractivity contribution in [1.29, 1.82) is 0 Å². The van der Waals surface area contributed by atoms with Crippen molar-refractivity contribution in [3.05, 3.63) is 59.2 Å². The summed E-state index contributed by atoms with van der Waals surface area (Å²) in [5.74, 6) is -0.791.